The number of rotatable bonds is 4. The minimum atomic E-state index is 0.409. The predicted molar refractivity (Wildman–Crippen MR) is 140 cm³/mol. The number of nitrogens with zero attached hydrogens (tertiary/aromatic N) is 8. The van der Waals surface area contributed by atoms with Crippen LogP contribution in [0.4, 0.5) is 16.6 Å². The first-order chi connectivity index (χ1) is 17.7. The summed E-state index contributed by atoms with van der Waals surface area (Å²) in [4.78, 5) is 4.82. The van der Waals surface area contributed by atoms with Gasteiger partial charge in [0.15, 0.2) is 5.82 Å². The molecule has 4 aromatic rings. The average Bonchev–Trinajstić information content (AvgIpc) is 3.68. The Morgan fingerprint density at radius 2 is 2.00 bits per heavy atom. The second-order valence-corrected chi connectivity index (χ2v) is 10.7. The van der Waals surface area contributed by atoms with Crippen LogP contribution in [0.2, 0.25) is 0 Å². The molecule has 3 aromatic heterocycles. The summed E-state index contributed by atoms with van der Waals surface area (Å²) >= 11 is 1.61. The molecule has 10 heteroatoms. The molecule has 1 saturated heterocycles. The van der Waals surface area contributed by atoms with Gasteiger partial charge in [0.25, 0.3) is 0 Å². The quantitative estimate of drug-likeness (QED) is 0.415. The molecule has 0 spiro atoms. The Hall–Kier alpha value is -3.24. The number of fused-ring (bicyclic) bond motifs is 2. The van der Waals surface area contributed by atoms with Crippen molar-refractivity contribution in [2.45, 2.75) is 44.7 Å². The number of ether oxygens (including phenoxy) is 1. The maximum atomic E-state index is 5.67. The Kier molecular flexibility index (Phi) is 5.50. The molecule has 3 aliphatic rings. The van der Waals surface area contributed by atoms with Gasteiger partial charge in [-0.1, -0.05) is 17.4 Å². The van der Waals surface area contributed by atoms with Crippen LogP contribution in [0.25, 0.3) is 11.1 Å². The third kappa shape index (κ3) is 3.79. The highest BCUT2D eigenvalue weighted by molar-refractivity contribution is 7.13. The lowest BCUT2D eigenvalue weighted by atomic mass is 9.96. The summed E-state index contributed by atoms with van der Waals surface area (Å²) in [6, 6.07) is 7.26. The molecule has 1 fully saturated rings. The van der Waals surface area contributed by atoms with Crippen molar-refractivity contribution in [1.82, 2.24) is 29.8 Å². The zero-order chi connectivity index (χ0) is 24.1. The van der Waals surface area contributed by atoms with E-state index in [9.17, 15) is 0 Å². The number of hydrogen-bond acceptors (Lipinski definition) is 8. The van der Waals surface area contributed by atoms with Crippen LogP contribution in [0.5, 0.6) is 0 Å². The molecule has 0 aliphatic carbocycles. The first-order valence-electron chi connectivity index (χ1n) is 12.8. The van der Waals surface area contributed by atoms with Gasteiger partial charge in [0.05, 0.1) is 18.8 Å². The summed E-state index contributed by atoms with van der Waals surface area (Å²) in [6.45, 7) is 4.38. The van der Waals surface area contributed by atoms with Crippen molar-refractivity contribution in [2.75, 3.05) is 36.1 Å². The van der Waals surface area contributed by atoms with Crippen LogP contribution in [0, 0.1) is 0 Å². The van der Waals surface area contributed by atoms with Gasteiger partial charge in [-0.05, 0) is 48.9 Å². The number of aryl methyl sites for hydroxylation is 2. The van der Waals surface area contributed by atoms with Gasteiger partial charge in [0, 0.05) is 68.5 Å². The van der Waals surface area contributed by atoms with Gasteiger partial charge in [-0.15, -0.1) is 10.2 Å². The standard InChI is InChI=1S/C26H30N8OS/c1-31-15-20(14-28-31)18-4-5-23-19(13-18)3-2-9-33(23)25-22-16-32(26-29-27-17-36-26)10-6-24(22)34(30-25)21-7-11-35-12-8-21/h4-5,13-15,17,21H,2-3,6-12,16H2,1H3. The van der Waals surface area contributed by atoms with Crippen molar-refractivity contribution in [1.29, 1.82) is 0 Å². The van der Waals surface area contributed by atoms with Gasteiger partial charge < -0.3 is 14.5 Å². The molecule has 186 valence electrons. The highest BCUT2D eigenvalue weighted by Crippen LogP contribution is 2.41. The Balaban J connectivity index is 1.29. The van der Waals surface area contributed by atoms with Crippen molar-refractivity contribution in [3.8, 4) is 11.1 Å². The van der Waals surface area contributed by atoms with Crippen LogP contribution in [-0.4, -0.2) is 56.1 Å². The molecule has 6 heterocycles. The first-order valence-corrected chi connectivity index (χ1v) is 13.7. The van der Waals surface area contributed by atoms with E-state index in [-0.39, 0.29) is 0 Å². The van der Waals surface area contributed by atoms with Crippen molar-refractivity contribution in [3.05, 3.63) is 52.9 Å². The molecule has 0 saturated carbocycles. The lowest BCUT2D eigenvalue weighted by Crippen LogP contribution is -2.33. The van der Waals surface area contributed by atoms with Gasteiger partial charge in [-0.3, -0.25) is 9.36 Å². The molecular formula is C26H30N8OS. The molecule has 0 atom stereocenters. The number of anilines is 3. The molecule has 9 nitrogen and oxygen atoms in total. The van der Waals surface area contributed by atoms with Crippen molar-refractivity contribution >= 4 is 28.0 Å². The Bertz CT molecular complexity index is 1370. The Morgan fingerprint density at radius 1 is 1.08 bits per heavy atom. The molecule has 36 heavy (non-hydrogen) atoms. The zero-order valence-corrected chi connectivity index (χ0v) is 21.3. The second kappa shape index (κ2) is 9.01. The van der Waals surface area contributed by atoms with Gasteiger partial charge in [-0.2, -0.15) is 10.2 Å². The van der Waals surface area contributed by atoms with Crippen LogP contribution in [-0.2, 0) is 31.2 Å². The largest absolute Gasteiger partial charge is 0.381 e. The fourth-order valence-corrected chi connectivity index (χ4v) is 6.50. The number of aromatic nitrogens is 6. The Labute approximate surface area is 214 Å². The topological polar surface area (TPSA) is 77.1 Å². The molecule has 7 rings (SSSR count). The number of benzene rings is 1. The molecule has 0 radical (unpaired) electrons. The van der Waals surface area contributed by atoms with Crippen molar-refractivity contribution < 1.29 is 4.74 Å². The van der Waals surface area contributed by atoms with Gasteiger partial charge >= 0.3 is 0 Å². The molecule has 0 amide bonds. The third-order valence-corrected chi connectivity index (χ3v) is 8.46. The van der Waals surface area contributed by atoms with Crippen LogP contribution < -0.4 is 9.80 Å². The van der Waals surface area contributed by atoms with E-state index in [1.165, 1.54) is 28.1 Å². The SMILES string of the molecule is Cn1cc(-c2ccc3c(c2)CCCN3c2nn(C3CCOCC3)c3c2CN(c2nncs2)CC3)cn1. The van der Waals surface area contributed by atoms with E-state index in [1.54, 1.807) is 11.3 Å². The van der Waals surface area contributed by atoms with Gasteiger partial charge in [-0.25, -0.2) is 0 Å². The highest BCUT2D eigenvalue weighted by Gasteiger charge is 2.33. The smallest absolute Gasteiger partial charge is 0.208 e. The summed E-state index contributed by atoms with van der Waals surface area (Å²) in [5.74, 6) is 1.11. The average molecular weight is 503 g/mol. The molecule has 3 aliphatic heterocycles. The normalized spacial score (nSPS) is 18.4. The molecule has 0 N–H and O–H groups in total. The van der Waals surface area contributed by atoms with Crippen molar-refractivity contribution in [2.24, 2.45) is 7.05 Å². The zero-order valence-electron chi connectivity index (χ0n) is 20.5. The lowest BCUT2D eigenvalue weighted by Gasteiger charge is -2.33. The maximum absolute atomic E-state index is 5.67. The molecule has 1 aromatic carbocycles. The van der Waals surface area contributed by atoms with E-state index in [4.69, 9.17) is 9.84 Å². The van der Waals surface area contributed by atoms with Gasteiger partial charge in [0.1, 0.15) is 5.51 Å². The monoisotopic (exact) mass is 502 g/mol. The second-order valence-electron chi connectivity index (χ2n) is 9.93. The van der Waals surface area contributed by atoms with E-state index in [0.29, 0.717) is 6.04 Å². The maximum Gasteiger partial charge on any atom is 0.208 e. The highest BCUT2D eigenvalue weighted by atomic mass is 32.1. The van der Waals surface area contributed by atoms with Crippen LogP contribution in [0.15, 0.2) is 36.1 Å². The number of hydrogen-bond donors (Lipinski definition) is 0. The molecular weight excluding hydrogens is 472 g/mol. The third-order valence-electron chi connectivity index (χ3n) is 7.71. The first kappa shape index (κ1) is 22.0. The summed E-state index contributed by atoms with van der Waals surface area (Å²) in [5.41, 5.74) is 9.59. The van der Waals surface area contributed by atoms with Crippen LogP contribution in [0.1, 0.15) is 42.1 Å². The minimum Gasteiger partial charge on any atom is -0.381 e. The Morgan fingerprint density at radius 3 is 2.81 bits per heavy atom. The minimum absolute atomic E-state index is 0.409. The fourth-order valence-electron chi connectivity index (χ4n) is 5.91. The van der Waals surface area contributed by atoms with Gasteiger partial charge in [0.2, 0.25) is 5.13 Å². The van der Waals surface area contributed by atoms with E-state index in [1.807, 2.05) is 23.4 Å². The van der Waals surface area contributed by atoms with Crippen LogP contribution in [0.3, 0.4) is 0 Å². The van der Waals surface area contributed by atoms with Crippen LogP contribution >= 0.6 is 11.3 Å². The van der Waals surface area contributed by atoms with E-state index < -0.39 is 0 Å². The summed E-state index contributed by atoms with van der Waals surface area (Å²) in [5, 5.41) is 19.1. The van der Waals surface area contributed by atoms with E-state index in [0.717, 1.165) is 81.5 Å². The lowest BCUT2D eigenvalue weighted by molar-refractivity contribution is 0.0654. The summed E-state index contributed by atoms with van der Waals surface area (Å²) in [7, 11) is 1.96. The molecule has 0 bridgehead atoms. The van der Waals surface area contributed by atoms with E-state index in [2.05, 4.69) is 54.2 Å². The summed E-state index contributed by atoms with van der Waals surface area (Å²) < 4.78 is 9.88. The molecule has 0 unspecified atom stereocenters. The summed E-state index contributed by atoms with van der Waals surface area (Å²) in [6.07, 6.45) is 9.24. The van der Waals surface area contributed by atoms with E-state index >= 15 is 0 Å². The predicted octanol–water partition coefficient (Wildman–Crippen LogP) is 4.13. The fraction of sp³-hybridized carbons (Fsp3) is 0.462. The van der Waals surface area contributed by atoms with Crippen molar-refractivity contribution in [3.63, 3.8) is 0 Å².